The molecule has 0 bridgehead atoms. The number of carbonyl (C=O) groups is 3. The van der Waals surface area contributed by atoms with Crippen molar-refractivity contribution in [2.75, 3.05) is 4.90 Å². The molecule has 2 aromatic carbocycles. The number of hydrogen-bond acceptors (Lipinski definition) is 5. The molecule has 1 heterocycles. The highest BCUT2D eigenvalue weighted by molar-refractivity contribution is 6.03. The smallest absolute Gasteiger partial charge is 0.240 e. The minimum atomic E-state index is -0.794. The Bertz CT molecular complexity index is 1460. The van der Waals surface area contributed by atoms with Crippen molar-refractivity contribution < 1.29 is 17.2 Å². The molecule has 8 nitrogen and oxygen atoms in total. The molecule has 4 N–H and O–H groups in total. The topological polar surface area (TPSA) is 129 Å². The number of fused-ring (bicyclic) bond motifs is 2. The van der Waals surface area contributed by atoms with Crippen LogP contribution in [0.4, 0.5) is 5.69 Å². The van der Waals surface area contributed by atoms with Gasteiger partial charge < -0.3 is 16.0 Å². The lowest BCUT2D eigenvalue weighted by Crippen LogP contribution is -2.47. The Labute approximate surface area is 327 Å². The molecule has 3 atom stereocenters. The Morgan fingerprint density at radius 3 is 1.79 bits per heavy atom. The molecule has 0 fully saturated rings. The zero-order valence-electron chi connectivity index (χ0n) is 36.1. The van der Waals surface area contributed by atoms with Gasteiger partial charge in [-0.2, -0.15) is 5.11 Å². The summed E-state index contributed by atoms with van der Waals surface area (Å²) in [5.74, 6) is -0.965. The second-order valence-corrected chi connectivity index (χ2v) is 13.4. The van der Waals surface area contributed by atoms with Crippen molar-refractivity contribution in [3.05, 3.63) is 77.4 Å². The molecule has 3 rings (SSSR count). The van der Waals surface area contributed by atoms with Gasteiger partial charge >= 0.3 is 0 Å². The first kappa shape index (κ1) is 51.0. The van der Waals surface area contributed by atoms with E-state index in [1.54, 1.807) is 18.7 Å². The van der Waals surface area contributed by atoms with E-state index in [1.165, 1.54) is 5.57 Å². The van der Waals surface area contributed by atoms with E-state index < -0.39 is 17.9 Å². The molecule has 0 saturated heterocycles. The Kier molecular flexibility index (Phi) is 25.7. The normalized spacial score (nSPS) is 14.8. The number of nitrogens with one attached hydrogen (secondary N) is 2. The standard InChI is InChI=1S/C35H49N5O3.C4H8.3C2H6.2H2/c1-8-35(9-2,10-3)24(7)23(6)31-26-16-12-11-15-25(26)21-40(28-18-14-13-17-27(28)33(31)39-37)30(42)20-19-29(41)38-32(22(4)5)34(36)43;1-4(2)3;3*1-2;;/h11-18,22-24,32,37H,8-10,19-21H2,1-7H3,(H2,36,43)(H,38,41);1H2,2-3H3;3*1-2H3;2*1H/b33-31+,39-37?;;;;;;/t23?,24?,32-;;;;;;/m0....../s1. The van der Waals surface area contributed by atoms with Gasteiger partial charge in [-0.3, -0.25) is 14.4 Å². The summed E-state index contributed by atoms with van der Waals surface area (Å²) in [5, 5.41) is 6.82. The average Bonchev–Trinajstić information content (AvgIpc) is 3.16. The maximum absolute atomic E-state index is 13.8. The third-order valence-electron chi connectivity index (χ3n) is 9.89. The van der Waals surface area contributed by atoms with Crippen LogP contribution < -0.4 is 16.0 Å². The van der Waals surface area contributed by atoms with Crippen LogP contribution in [0.2, 0.25) is 0 Å². The van der Waals surface area contributed by atoms with Gasteiger partial charge in [0.15, 0.2) is 0 Å². The molecule has 1 aliphatic heterocycles. The minimum Gasteiger partial charge on any atom is -0.368 e. The zero-order chi connectivity index (χ0) is 41.5. The monoisotopic (exact) mass is 738 g/mol. The largest absolute Gasteiger partial charge is 0.368 e. The van der Waals surface area contributed by atoms with Crippen molar-refractivity contribution in [3.8, 4) is 0 Å². The summed E-state index contributed by atoms with van der Waals surface area (Å²) in [7, 11) is 0. The summed E-state index contributed by atoms with van der Waals surface area (Å²) in [6, 6.07) is 14.9. The first-order chi connectivity index (χ1) is 25.2. The van der Waals surface area contributed by atoms with Gasteiger partial charge in [0.1, 0.15) is 6.04 Å². The Balaban J connectivity index is -0.000000986. The van der Waals surface area contributed by atoms with E-state index in [9.17, 15) is 14.4 Å². The summed E-state index contributed by atoms with van der Waals surface area (Å²) in [6.45, 7) is 34.8. The van der Waals surface area contributed by atoms with Crippen LogP contribution >= 0.6 is 0 Å². The van der Waals surface area contributed by atoms with E-state index in [-0.39, 0.29) is 38.9 Å². The third kappa shape index (κ3) is 14.4. The van der Waals surface area contributed by atoms with Crippen LogP contribution in [0.25, 0.3) is 11.3 Å². The van der Waals surface area contributed by atoms with Gasteiger partial charge in [-0.25, -0.2) is 5.53 Å². The van der Waals surface area contributed by atoms with Crippen LogP contribution in [-0.2, 0) is 20.9 Å². The summed E-state index contributed by atoms with van der Waals surface area (Å²) in [6.07, 6.45) is 3.08. The Hall–Kier alpha value is -4.07. The van der Waals surface area contributed by atoms with Gasteiger partial charge in [0.2, 0.25) is 17.7 Å². The highest BCUT2D eigenvalue weighted by Crippen LogP contribution is 2.50. The molecule has 3 amide bonds. The van der Waals surface area contributed by atoms with Crippen LogP contribution in [0.15, 0.2) is 65.8 Å². The second kappa shape index (κ2) is 26.7. The fourth-order valence-electron chi connectivity index (χ4n) is 6.83. The van der Waals surface area contributed by atoms with Crippen LogP contribution in [0.1, 0.15) is 156 Å². The average molecular weight is 738 g/mol. The molecule has 0 aliphatic carbocycles. The molecule has 0 spiro atoms. The van der Waals surface area contributed by atoms with E-state index in [0.29, 0.717) is 23.8 Å². The molecule has 8 heteroatoms. The molecular formula is C45H79N5O3. The maximum Gasteiger partial charge on any atom is 0.240 e. The predicted molar refractivity (Wildman–Crippen MR) is 232 cm³/mol. The van der Waals surface area contributed by atoms with E-state index in [2.05, 4.69) is 57.7 Å². The van der Waals surface area contributed by atoms with Crippen molar-refractivity contribution in [1.82, 2.24) is 5.32 Å². The van der Waals surface area contributed by atoms with Crippen LogP contribution in [0.5, 0.6) is 0 Å². The number of anilines is 1. The fraction of sp³-hybridized carbons (Fsp3) is 0.578. The maximum atomic E-state index is 13.8. The van der Waals surface area contributed by atoms with Gasteiger partial charge in [-0.1, -0.05) is 157 Å². The number of hydrogen-bond donors (Lipinski definition) is 3. The molecular weight excluding hydrogens is 659 g/mol. The number of rotatable bonds is 13. The quantitative estimate of drug-likeness (QED) is 0.140. The number of carbonyl (C=O) groups excluding carboxylic acids is 3. The lowest BCUT2D eigenvalue weighted by molar-refractivity contribution is -0.129. The predicted octanol–water partition coefficient (Wildman–Crippen LogP) is 12.5. The number of nitrogens with zero attached hydrogens (tertiary/aromatic N) is 2. The number of primary amides is 1. The van der Waals surface area contributed by atoms with Crippen molar-refractivity contribution in [2.45, 2.75) is 149 Å². The van der Waals surface area contributed by atoms with Crippen molar-refractivity contribution in [3.63, 3.8) is 0 Å². The van der Waals surface area contributed by atoms with Crippen LogP contribution in [0.3, 0.4) is 0 Å². The van der Waals surface area contributed by atoms with Crippen molar-refractivity contribution in [1.29, 1.82) is 5.53 Å². The molecule has 2 unspecified atom stereocenters. The molecule has 0 radical (unpaired) electrons. The Morgan fingerprint density at radius 2 is 1.34 bits per heavy atom. The Morgan fingerprint density at radius 1 is 0.868 bits per heavy atom. The molecule has 53 heavy (non-hydrogen) atoms. The minimum absolute atomic E-state index is 0. The summed E-state index contributed by atoms with van der Waals surface area (Å²) >= 11 is 0. The van der Waals surface area contributed by atoms with Crippen molar-refractivity contribution in [2.24, 2.45) is 34.0 Å². The van der Waals surface area contributed by atoms with Gasteiger partial charge in [-0.15, -0.1) is 6.58 Å². The molecule has 2 aromatic rings. The van der Waals surface area contributed by atoms with E-state index in [4.69, 9.17) is 11.3 Å². The summed E-state index contributed by atoms with van der Waals surface area (Å²) in [4.78, 5) is 40.0. The van der Waals surface area contributed by atoms with Gasteiger partial charge in [0, 0.05) is 21.3 Å². The van der Waals surface area contributed by atoms with Crippen molar-refractivity contribution >= 4 is 34.7 Å². The van der Waals surface area contributed by atoms with Gasteiger partial charge in [0.05, 0.1) is 17.9 Å². The lowest BCUT2D eigenvalue weighted by Gasteiger charge is -2.42. The van der Waals surface area contributed by atoms with Crippen LogP contribution in [-0.4, -0.2) is 23.8 Å². The number of benzene rings is 2. The number of amides is 3. The second-order valence-electron chi connectivity index (χ2n) is 13.4. The lowest BCUT2D eigenvalue weighted by atomic mass is 9.63. The zero-order valence-corrected chi connectivity index (χ0v) is 36.1. The highest BCUT2D eigenvalue weighted by Gasteiger charge is 2.38. The van der Waals surface area contributed by atoms with Gasteiger partial charge in [-0.05, 0) is 59.8 Å². The van der Waals surface area contributed by atoms with E-state index in [1.807, 2.05) is 97.9 Å². The summed E-state index contributed by atoms with van der Waals surface area (Å²) < 4.78 is 0. The fourth-order valence-corrected chi connectivity index (χ4v) is 6.83. The first-order valence-corrected chi connectivity index (χ1v) is 20.0. The molecule has 302 valence electrons. The molecule has 0 aromatic heterocycles. The SMILES string of the molecule is C=C(C)C.CC.CC.CC.CCC(CC)(CC)C(C)C(C)/C1=C(\N=N)c2ccccc2N(C(=O)CCC(=O)N[C@H](C(N)=O)C(C)C)Cc2ccccc21.[HH].[HH]. The number of nitrogens with two attached hydrogens (primary N) is 1. The summed E-state index contributed by atoms with van der Waals surface area (Å²) in [5.41, 5.74) is 20.1. The highest BCUT2D eigenvalue weighted by atomic mass is 16.2. The van der Waals surface area contributed by atoms with E-state index >= 15 is 0 Å². The molecule has 1 aliphatic rings. The van der Waals surface area contributed by atoms with E-state index in [0.717, 1.165) is 41.5 Å². The number of para-hydroxylation sites is 1. The van der Waals surface area contributed by atoms with Gasteiger partial charge in [0.25, 0.3) is 0 Å². The third-order valence-corrected chi connectivity index (χ3v) is 9.89. The van der Waals surface area contributed by atoms with Crippen LogP contribution in [0, 0.1) is 28.7 Å². The number of allylic oxidation sites excluding steroid dienone is 2. The first-order valence-electron chi connectivity index (χ1n) is 20.0. The molecule has 0 saturated carbocycles.